The van der Waals surface area contributed by atoms with Crippen molar-refractivity contribution < 1.29 is 14.3 Å². The highest BCUT2D eigenvalue weighted by atomic mass is 16.5. The number of carbonyl (C=O) groups is 1. The van der Waals surface area contributed by atoms with Crippen molar-refractivity contribution in [2.24, 2.45) is 5.73 Å². The summed E-state index contributed by atoms with van der Waals surface area (Å²) in [5.74, 6) is -0.525. The van der Waals surface area contributed by atoms with E-state index >= 15 is 0 Å². The zero-order valence-corrected chi connectivity index (χ0v) is 7.77. The van der Waals surface area contributed by atoms with Crippen LogP contribution in [0.25, 0.3) is 0 Å². The first kappa shape index (κ1) is 10.4. The Morgan fingerprint density at radius 2 is 2.14 bits per heavy atom. The minimum atomic E-state index is -0.662. The first-order valence-corrected chi connectivity index (χ1v) is 3.98. The van der Waals surface area contributed by atoms with Crippen molar-refractivity contribution in [1.29, 1.82) is 0 Å². The van der Waals surface area contributed by atoms with E-state index in [0.717, 1.165) is 0 Å². The highest BCUT2D eigenvalue weighted by molar-refractivity contribution is 5.92. The average Bonchev–Trinajstić information content (AvgIpc) is 2.19. The summed E-state index contributed by atoms with van der Waals surface area (Å²) >= 11 is 0. The third-order valence-corrected chi connectivity index (χ3v) is 1.42. The number of carbonyl (C=O) groups excluding carboxylic acids is 1. The Morgan fingerprint density at radius 1 is 1.43 bits per heavy atom. The van der Waals surface area contributed by atoms with Crippen LogP contribution in [0.4, 0.5) is 0 Å². The lowest BCUT2D eigenvalue weighted by molar-refractivity contribution is 0.0984. The maximum atomic E-state index is 10.9. The van der Waals surface area contributed by atoms with Gasteiger partial charge in [-0.3, -0.25) is 4.79 Å². The van der Waals surface area contributed by atoms with Gasteiger partial charge in [-0.15, -0.1) is 0 Å². The van der Waals surface area contributed by atoms with Crippen LogP contribution < -0.4 is 10.5 Å². The van der Waals surface area contributed by atoms with Gasteiger partial charge in [-0.1, -0.05) is 0 Å². The molecule has 1 rings (SSSR count). The second-order valence-corrected chi connectivity index (χ2v) is 2.42. The van der Waals surface area contributed by atoms with E-state index in [2.05, 4.69) is 9.97 Å². The van der Waals surface area contributed by atoms with E-state index in [9.17, 15) is 4.79 Å². The molecule has 0 unspecified atom stereocenters. The van der Waals surface area contributed by atoms with Crippen molar-refractivity contribution in [1.82, 2.24) is 9.97 Å². The number of hydrogen-bond acceptors (Lipinski definition) is 5. The van der Waals surface area contributed by atoms with E-state index in [1.54, 1.807) is 7.11 Å². The number of ether oxygens (including phenoxy) is 2. The zero-order valence-electron chi connectivity index (χ0n) is 7.77. The molecule has 0 bridgehead atoms. The second kappa shape index (κ2) is 5.13. The Labute approximate surface area is 81.1 Å². The maximum Gasteiger partial charge on any atom is 0.272 e. The Morgan fingerprint density at radius 3 is 2.79 bits per heavy atom. The van der Waals surface area contributed by atoms with Gasteiger partial charge in [-0.05, 0) is 0 Å². The van der Waals surface area contributed by atoms with Gasteiger partial charge in [-0.2, -0.15) is 0 Å². The van der Waals surface area contributed by atoms with Crippen LogP contribution in [-0.4, -0.2) is 36.2 Å². The van der Waals surface area contributed by atoms with Gasteiger partial charge in [0, 0.05) is 19.5 Å². The summed E-state index contributed by atoms with van der Waals surface area (Å²) in [5, 5.41) is 0. The van der Waals surface area contributed by atoms with Gasteiger partial charge < -0.3 is 15.2 Å². The molecule has 76 valence electrons. The average molecular weight is 197 g/mol. The number of primary amides is 1. The third-order valence-electron chi connectivity index (χ3n) is 1.42. The summed E-state index contributed by atoms with van der Waals surface area (Å²) in [4.78, 5) is 18.4. The number of rotatable bonds is 5. The molecule has 0 spiro atoms. The van der Waals surface area contributed by atoms with Gasteiger partial charge in [0.1, 0.15) is 6.61 Å². The predicted molar refractivity (Wildman–Crippen MR) is 47.9 cm³/mol. The van der Waals surface area contributed by atoms with E-state index < -0.39 is 5.91 Å². The molecule has 0 aliphatic heterocycles. The fourth-order valence-corrected chi connectivity index (χ4v) is 0.822. The number of hydrogen-bond donors (Lipinski definition) is 1. The molecule has 0 aliphatic rings. The van der Waals surface area contributed by atoms with E-state index in [1.807, 2.05) is 0 Å². The van der Waals surface area contributed by atoms with Crippen LogP contribution in [0, 0.1) is 0 Å². The molecule has 1 amide bonds. The lowest BCUT2D eigenvalue weighted by Gasteiger charge is -2.05. The summed E-state index contributed by atoms with van der Waals surface area (Å²) in [6.07, 6.45) is 2.80. The molecule has 1 aromatic rings. The molecule has 0 saturated heterocycles. The number of methoxy groups -OCH3 is 1. The number of amides is 1. The third kappa shape index (κ3) is 2.67. The molecule has 0 aromatic carbocycles. The van der Waals surface area contributed by atoms with Gasteiger partial charge in [0.2, 0.25) is 5.88 Å². The van der Waals surface area contributed by atoms with E-state index in [1.165, 1.54) is 12.4 Å². The minimum absolute atomic E-state index is 0.0311. The Balaban J connectivity index is 2.69. The predicted octanol–water partition coefficient (Wildman–Crippen LogP) is -0.399. The van der Waals surface area contributed by atoms with Gasteiger partial charge in [0.15, 0.2) is 5.69 Å². The highest BCUT2D eigenvalue weighted by Crippen LogP contribution is 2.09. The van der Waals surface area contributed by atoms with Gasteiger partial charge in [0.05, 0.1) is 6.61 Å². The van der Waals surface area contributed by atoms with Crippen LogP contribution in [-0.2, 0) is 4.74 Å². The quantitative estimate of drug-likeness (QED) is 0.649. The molecule has 14 heavy (non-hydrogen) atoms. The fraction of sp³-hybridized carbons (Fsp3) is 0.375. The zero-order chi connectivity index (χ0) is 10.4. The molecule has 0 atom stereocenters. The lowest BCUT2D eigenvalue weighted by atomic mass is 10.4. The summed E-state index contributed by atoms with van der Waals surface area (Å²) < 4.78 is 9.91. The first-order valence-electron chi connectivity index (χ1n) is 3.98. The number of nitrogens with zero attached hydrogens (tertiary/aromatic N) is 2. The van der Waals surface area contributed by atoms with Crippen molar-refractivity contribution >= 4 is 5.91 Å². The molecule has 6 nitrogen and oxygen atoms in total. The molecular weight excluding hydrogens is 186 g/mol. The second-order valence-electron chi connectivity index (χ2n) is 2.42. The monoisotopic (exact) mass is 197 g/mol. The molecular formula is C8H11N3O3. The smallest absolute Gasteiger partial charge is 0.272 e. The Bertz CT molecular complexity index is 316. The van der Waals surface area contributed by atoms with Crippen molar-refractivity contribution in [3.63, 3.8) is 0 Å². The van der Waals surface area contributed by atoms with E-state index in [0.29, 0.717) is 13.2 Å². The van der Waals surface area contributed by atoms with Crippen LogP contribution in [0.2, 0.25) is 0 Å². The molecule has 1 aromatic heterocycles. The maximum absolute atomic E-state index is 10.9. The Hall–Kier alpha value is -1.69. The summed E-state index contributed by atoms with van der Waals surface area (Å²) in [7, 11) is 1.55. The Kier molecular flexibility index (Phi) is 3.81. The standard InChI is InChI=1S/C8H11N3O3/c1-13-4-5-14-8-6(7(9)12)10-2-3-11-8/h2-3H,4-5H2,1H3,(H2,9,12). The van der Waals surface area contributed by atoms with Crippen LogP contribution in [0.3, 0.4) is 0 Å². The highest BCUT2D eigenvalue weighted by Gasteiger charge is 2.11. The van der Waals surface area contributed by atoms with Crippen molar-refractivity contribution in [2.45, 2.75) is 0 Å². The molecule has 6 heteroatoms. The minimum Gasteiger partial charge on any atom is -0.474 e. The largest absolute Gasteiger partial charge is 0.474 e. The van der Waals surface area contributed by atoms with Crippen LogP contribution in [0.1, 0.15) is 10.5 Å². The van der Waals surface area contributed by atoms with Crippen molar-refractivity contribution in [2.75, 3.05) is 20.3 Å². The summed E-state index contributed by atoms with van der Waals surface area (Å²) in [5.41, 5.74) is 5.10. The van der Waals surface area contributed by atoms with E-state index in [-0.39, 0.29) is 11.6 Å². The molecule has 0 aliphatic carbocycles. The van der Waals surface area contributed by atoms with E-state index in [4.69, 9.17) is 15.2 Å². The topological polar surface area (TPSA) is 87.3 Å². The normalized spacial score (nSPS) is 9.79. The number of aromatic nitrogens is 2. The van der Waals surface area contributed by atoms with Crippen LogP contribution in [0.15, 0.2) is 12.4 Å². The SMILES string of the molecule is COCCOc1nccnc1C(N)=O. The summed E-state index contributed by atoms with van der Waals surface area (Å²) in [6, 6.07) is 0. The molecule has 0 fully saturated rings. The molecule has 0 saturated carbocycles. The van der Waals surface area contributed by atoms with Crippen molar-refractivity contribution in [3.05, 3.63) is 18.1 Å². The molecule has 0 radical (unpaired) electrons. The van der Waals surface area contributed by atoms with Gasteiger partial charge >= 0.3 is 0 Å². The lowest BCUT2D eigenvalue weighted by Crippen LogP contribution is -2.17. The van der Waals surface area contributed by atoms with Crippen molar-refractivity contribution in [3.8, 4) is 5.88 Å². The van der Waals surface area contributed by atoms with Gasteiger partial charge in [0.25, 0.3) is 5.91 Å². The fourth-order valence-electron chi connectivity index (χ4n) is 0.822. The number of nitrogens with two attached hydrogens (primary N) is 1. The van der Waals surface area contributed by atoms with Crippen LogP contribution >= 0.6 is 0 Å². The van der Waals surface area contributed by atoms with Gasteiger partial charge in [-0.25, -0.2) is 9.97 Å². The molecule has 1 heterocycles. The van der Waals surface area contributed by atoms with Crippen LogP contribution in [0.5, 0.6) is 5.88 Å². The summed E-state index contributed by atoms with van der Waals surface area (Å²) in [6.45, 7) is 0.713. The first-order chi connectivity index (χ1) is 6.75. The molecule has 2 N–H and O–H groups in total.